The lowest BCUT2D eigenvalue weighted by atomic mass is 9.98. The molecular weight excluding hydrogens is 222 g/mol. The second kappa shape index (κ2) is 6.83. The SMILES string of the molecule is CCC(C)c1nc(C)c(CC(C)CNC)c(C)n1. The third kappa shape index (κ3) is 3.77. The molecule has 0 aliphatic carbocycles. The number of aromatic nitrogens is 2. The summed E-state index contributed by atoms with van der Waals surface area (Å²) in [6.07, 6.45) is 2.15. The van der Waals surface area contributed by atoms with Gasteiger partial charge < -0.3 is 5.32 Å². The summed E-state index contributed by atoms with van der Waals surface area (Å²) < 4.78 is 0. The molecule has 0 fully saturated rings. The Balaban J connectivity index is 2.94. The molecular formula is C15H27N3. The molecule has 102 valence electrons. The van der Waals surface area contributed by atoms with Gasteiger partial charge in [0.05, 0.1) is 0 Å². The molecule has 18 heavy (non-hydrogen) atoms. The monoisotopic (exact) mass is 249 g/mol. The van der Waals surface area contributed by atoms with Crippen LogP contribution in [-0.2, 0) is 6.42 Å². The van der Waals surface area contributed by atoms with E-state index in [1.807, 2.05) is 7.05 Å². The molecule has 2 unspecified atom stereocenters. The molecule has 0 saturated heterocycles. The quantitative estimate of drug-likeness (QED) is 0.842. The van der Waals surface area contributed by atoms with Crippen LogP contribution in [0.25, 0.3) is 0 Å². The molecule has 2 atom stereocenters. The predicted molar refractivity (Wildman–Crippen MR) is 77.0 cm³/mol. The van der Waals surface area contributed by atoms with Gasteiger partial charge in [0.2, 0.25) is 0 Å². The normalized spacial score (nSPS) is 14.6. The van der Waals surface area contributed by atoms with Crippen molar-refractivity contribution in [3.05, 3.63) is 22.8 Å². The Hall–Kier alpha value is -0.960. The minimum Gasteiger partial charge on any atom is -0.319 e. The molecule has 1 heterocycles. The van der Waals surface area contributed by atoms with Gasteiger partial charge in [0.15, 0.2) is 0 Å². The van der Waals surface area contributed by atoms with Crippen molar-refractivity contribution in [2.45, 2.75) is 53.4 Å². The van der Waals surface area contributed by atoms with Crippen molar-refractivity contribution in [3.8, 4) is 0 Å². The van der Waals surface area contributed by atoms with Gasteiger partial charge in [0.1, 0.15) is 5.82 Å². The number of nitrogens with one attached hydrogen (secondary N) is 1. The van der Waals surface area contributed by atoms with Crippen LogP contribution in [-0.4, -0.2) is 23.6 Å². The van der Waals surface area contributed by atoms with Crippen LogP contribution >= 0.6 is 0 Å². The third-order valence-corrected chi connectivity index (χ3v) is 3.60. The zero-order valence-electron chi connectivity index (χ0n) is 12.7. The van der Waals surface area contributed by atoms with Crippen molar-refractivity contribution in [2.75, 3.05) is 13.6 Å². The zero-order chi connectivity index (χ0) is 13.7. The van der Waals surface area contributed by atoms with Gasteiger partial charge in [-0.25, -0.2) is 9.97 Å². The van der Waals surface area contributed by atoms with Crippen LogP contribution in [0.3, 0.4) is 0 Å². The van der Waals surface area contributed by atoms with Crippen LogP contribution in [0.2, 0.25) is 0 Å². The Labute approximate surface area is 111 Å². The van der Waals surface area contributed by atoms with E-state index in [9.17, 15) is 0 Å². The summed E-state index contributed by atoms with van der Waals surface area (Å²) in [5.74, 6) is 2.06. The molecule has 1 N–H and O–H groups in total. The van der Waals surface area contributed by atoms with E-state index >= 15 is 0 Å². The summed E-state index contributed by atoms with van der Waals surface area (Å²) in [6, 6.07) is 0. The van der Waals surface area contributed by atoms with E-state index in [1.54, 1.807) is 0 Å². The third-order valence-electron chi connectivity index (χ3n) is 3.60. The van der Waals surface area contributed by atoms with Crippen LogP contribution in [0.5, 0.6) is 0 Å². The molecule has 0 amide bonds. The van der Waals surface area contributed by atoms with Gasteiger partial charge in [0.25, 0.3) is 0 Å². The fraction of sp³-hybridized carbons (Fsp3) is 0.733. The lowest BCUT2D eigenvalue weighted by Crippen LogP contribution is -2.19. The van der Waals surface area contributed by atoms with Crippen LogP contribution < -0.4 is 5.32 Å². The number of aryl methyl sites for hydroxylation is 2. The fourth-order valence-corrected chi connectivity index (χ4v) is 2.23. The zero-order valence-corrected chi connectivity index (χ0v) is 12.7. The number of hydrogen-bond acceptors (Lipinski definition) is 3. The molecule has 0 bridgehead atoms. The lowest BCUT2D eigenvalue weighted by molar-refractivity contribution is 0.535. The topological polar surface area (TPSA) is 37.8 Å². The highest BCUT2D eigenvalue weighted by molar-refractivity contribution is 5.25. The average molecular weight is 249 g/mol. The van der Waals surface area contributed by atoms with Crippen molar-refractivity contribution in [2.24, 2.45) is 5.92 Å². The minimum absolute atomic E-state index is 0.450. The largest absolute Gasteiger partial charge is 0.319 e. The second-order valence-electron chi connectivity index (χ2n) is 5.41. The van der Waals surface area contributed by atoms with Crippen LogP contribution in [0.4, 0.5) is 0 Å². The second-order valence-corrected chi connectivity index (χ2v) is 5.41. The van der Waals surface area contributed by atoms with E-state index in [1.165, 1.54) is 5.56 Å². The molecule has 0 aromatic carbocycles. The smallest absolute Gasteiger partial charge is 0.131 e. The highest BCUT2D eigenvalue weighted by Crippen LogP contribution is 2.20. The fourth-order valence-electron chi connectivity index (χ4n) is 2.23. The summed E-state index contributed by atoms with van der Waals surface area (Å²) in [5.41, 5.74) is 3.63. The molecule has 1 aromatic rings. The number of hydrogen-bond donors (Lipinski definition) is 1. The first-order valence-electron chi connectivity index (χ1n) is 6.98. The van der Waals surface area contributed by atoms with Crippen molar-refractivity contribution in [1.82, 2.24) is 15.3 Å². The van der Waals surface area contributed by atoms with Gasteiger partial charge in [-0.3, -0.25) is 0 Å². The first-order chi connectivity index (χ1) is 8.49. The van der Waals surface area contributed by atoms with E-state index < -0.39 is 0 Å². The molecule has 1 aromatic heterocycles. The van der Waals surface area contributed by atoms with Gasteiger partial charge in [-0.15, -0.1) is 0 Å². The van der Waals surface area contributed by atoms with Gasteiger partial charge in [-0.2, -0.15) is 0 Å². The van der Waals surface area contributed by atoms with Crippen molar-refractivity contribution in [3.63, 3.8) is 0 Å². The van der Waals surface area contributed by atoms with Crippen molar-refractivity contribution >= 4 is 0 Å². The molecule has 1 rings (SSSR count). The maximum Gasteiger partial charge on any atom is 0.131 e. The summed E-state index contributed by atoms with van der Waals surface area (Å²) in [5, 5.41) is 3.22. The summed E-state index contributed by atoms with van der Waals surface area (Å²) >= 11 is 0. The Morgan fingerprint density at radius 1 is 1.11 bits per heavy atom. The van der Waals surface area contributed by atoms with Crippen LogP contribution in [0.1, 0.15) is 55.9 Å². The first-order valence-corrected chi connectivity index (χ1v) is 6.98. The van der Waals surface area contributed by atoms with E-state index in [0.717, 1.165) is 36.6 Å². The Bertz CT molecular complexity index is 364. The average Bonchev–Trinajstić information content (AvgIpc) is 2.32. The Morgan fingerprint density at radius 3 is 2.11 bits per heavy atom. The van der Waals surface area contributed by atoms with E-state index in [-0.39, 0.29) is 0 Å². The maximum absolute atomic E-state index is 4.69. The van der Waals surface area contributed by atoms with Crippen LogP contribution in [0.15, 0.2) is 0 Å². The summed E-state index contributed by atoms with van der Waals surface area (Å²) in [7, 11) is 2.00. The van der Waals surface area contributed by atoms with Gasteiger partial charge in [-0.05, 0) is 51.8 Å². The van der Waals surface area contributed by atoms with Crippen LogP contribution in [0, 0.1) is 19.8 Å². The molecule has 0 saturated carbocycles. The van der Waals surface area contributed by atoms with E-state index in [4.69, 9.17) is 0 Å². The summed E-state index contributed by atoms with van der Waals surface area (Å²) in [4.78, 5) is 9.37. The summed E-state index contributed by atoms with van der Waals surface area (Å²) in [6.45, 7) is 11.9. The maximum atomic E-state index is 4.69. The van der Waals surface area contributed by atoms with Gasteiger partial charge in [0, 0.05) is 17.3 Å². The first kappa shape index (κ1) is 15.1. The number of rotatable bonds is 6. The minimum atomic E-state index is 0.450. The lowest BCUT2D eigenvalue weighted by Gasteiger charge is -2.16. The van der Waals surface area contributed by atoms with E-state index in [2.05, 4.69) is 49.9 Å². The highest BCUT2D eigenvalue weighted by Gasteiger charge is 2.14. The highest BCUT2D eigenvalue weighted by atomic mass is 14.9. The Kier molecular flexibility index (Phi) is 5.73. The van der Waals surface area contributed by atoms with Gasteiger partial charge >= 0.3 is 0 Å². The van der Waals surface area contributed by atoms with Crippen molar-refractivity contribution < 1.29 is 0 Å². The van der Waals surface area contributed by atoms with Gasteiger partial charge in [-0.1, -0.05) is 20.8 Å². The standard InChI is InChI=1S/C15H27N3/c1-7-11(3)15-17-12(4)14(13(5)18-15)8-10(2)9-16-6/h10-11,16H,7-9H2,1-6H3. The molecule has 3 nitrogen and oxygen atoms in total. The predicted octanol–water partition coefficient (Wildman–Crippen LogP) is 3.00. The Morgan fingerprint density at radius 2 is 1.67 bits per heavy atom. The van der Waals surface area contributed by atoms with E-state index in [0.29, 0.717) is 11.8 Å². The molecule has 0 radical (unpaired) electrons. The molecule has 0 aliphatic heterocycles. The molecule has 0 aliphatic rings. The molecule has 0 spiro atoms. The van der Waals surface area contributed by atoms with Crippen molar-refractivity contribution in [1.29, 1.82) is 0 Å². The number of nitrogens with zero attached hydrogens (tertiary/aromatic N) is 2. The molecule has 3 heteroatoms.